The minimum atomic E-state index is 0.848. The quantitative estimate of drug-likeness (QED) is 0.140. The molecule has 12 rings (SSSR count). The molecule has 0 N–H and O–H groups in total. The van der Waals surface area contributed by atoms with Crippen molar-refractivity contribution in [2.75, 3.05) is 4.90 Å². The molecular formula is C69H59N. The summed E-state index contributed by atoms with van der Waals surface area (Å²) in [5.41, 5.74) is 23.6. The van der Waals surface area contributed by atoms with Gasteiger partial charge in [0.2, 0.25) is 0 Å². The number of hydrogen-bond acceptors (Lipinski definition) is 1. The molecule has 0 fully saturated rings. The minimum Gasteiger partial charge on any atom is -0.310 e. The molecule has 0 spiro atoms. The Morgan fingerprint density at radius 2 is 0.786 bits per heavy atom. The number of anilines is 3. The third-order valence-corrected chi connectivity index (χ3v) is 13.4. The highest BCUT2D eigenvalue weighted by atomic mass is 15.1. The number of benzene rings is 11. The van der Waals surface area contributed by atoms with E-state index in [-0.39, 0.29) is 0 Å². The molecule has 0 radical (unpaired) electrons. The van der Waals surface area contributed by atoms with E-state index in [1.165, 1.54) is 111 Å². The maximum Gasteiger partial charge on any atom is 0.0470 e. The molecule has 340 valence electrons. The molecule has 1 aliphatic carbocycles. The van der Waals surface area contributed by atoms with Crippen LogP contribution in [0.2, 0.25) is 0 Å². The lowest BCUT2D eigenvalue weighted by Crippen LogP contribution is -2.10. The normalized spacial score (nSPS) is 11.1. The van der Waals surface area contributed by atoms with Crippen LogP contribution in [0.25, 0.3) is 88.3 Å². The third kappa shape index (κ3) is 8.50. The molecule has 0 saturated carbocycles. The van der Waals surface area contributed by atoms with Crippen molar-refractivity contribution in [3.8, 4) is 66.8 Å². The highest BCUT2D eigenvalue weighted by Crippen LogP contribution is 2.58. The number of para-hydroxylation sites is 1. The summed E-state index contributed by atoms with van der Waals surface area (Å²) in [6.45, 7) is 12.3. The molecule has 1 heteroatoms. The van der Waals surface area contributed by atoms with Crippen LogP contribution < -0.4 is 4.90 Å². The number of rotatable bonds is 9. The van der Waals surface area contributed by atoms with Gasteiger partial charge in [0.1, 0.15) is 0 Å². The zero-order chi connectivity index (χ0) is 48.1. The van der Waals surface area contributed by atoms with Gasteiger partial charge >= 0.3 is 0 Å². The molecule has 1 aliphatic rings. The lowest BCUT2D eigenvalue weighted by molar-refractivity contribution is 1.17. The Bertz CT molecular complexity index is 3510. The molecule has 0 bridgehead atoms. The lowest BCUT2D eigenvalue weighted by Gasteiger charge is -2.27. The van der Waals surface area contributed by atoms with Crippen molar-refractivity contribution in [3.05, 3.63) is 259 Å². The Morgan fingerprint density at radius 3 is 1.40 bits per heavy atom. The fraction of sp³-hybridized carbons (Fsp3) is 0.101. The summed E-state index contributed by atoms with van der Waals surface area (Å²) in [4.78, 5) is 2.41. The van der Waals surface area contributed by atoms with E-state index in [0.717, 1.165) is 23.5 Å². The number of aryl methyl sites for hydroxylation is 2. The van der Waals surface area contributed by atoms with Crippen molar-refractivity contribution in [2.45, 2.75) is 48.0 Å². The molecule has 11 aromatic rings. The standard InChI is InChI=1S/C65H47N.2C2H6/c1-43-17-14-19-45(37-43)39-46-40-51(50-24-15-18-44(2)38-50)42-54(41-46)66(52-25-10-5-11-26-52)53-33-31-47(32-34-53)55-35-36-60-63-56(55)29-16-30-59(63)64-61(48-20-6-3-7-21-48)57-27-12-13-28-58(57)62(65(60)64)49-22-8-4-9-23-49;2*1-2/h3-38,40-42H,39H2,1-2H3;2*1-2H3. The zero-order valence-electron chi connectivity index (χ0n) is 41.2. The van der Waals surface area contributed by atoms with E-state index >= 15 is 0 Å². The van der Waals surface area contributed by atoms with Crippen LogP contribution >= 0.6 is 0 Å². The van der Waals surface area contributed by atoms with Crippen molar-refractivity contribution in [2.24, 2.45) is 0 Å². The number of fused-ring (bicyclic) bond motifs is 4. The van der Waals surface area contributed by atoms with Gasteiger partial charge in [-0.05, 0) is 156 Å². The topological polar surface area (TPSA) is 3.24 Å². The van der Waals surface area contributed by atoms with Crippen molar-refractivity contribution in [1.29, 1.82) is 0 Å². The third-order valence-electron chi connectivity index (χ3n) is 13.4. The average Bonchev–Trinajstić information content (AvgIpc) is 3.74. The van der Waals surface area contributed by atoms with Crippen molar-refractivity contribution in [3.63, 3.8) is 0 Å². The number of nitrogens with zero attached hydrogens (tertiary/aromatic N) is 1. The van der Waals surface area contributed by atoms with Crippen LogP contribution in [0.4, 0.5) is 17.1 Å². The molecule has 0 aromatic heterocycles. The van der Waals surface area contributed by atoms with Gasteiger partial charge in [-0.3, -0.25) is 0 Å². The first-order valence-corrected chi connectivity index (χ1v) is 25.0. The van der Waals surface area contributed by atoms with E-state index in [9.17, 15) is 0 Å². The van der Waals surface area contributed by atoms with Gasteiger partial charge in [-0.25, -0.2) is 0 Å². The zero-order valence-corrected chi connectivity index (χ0v) is 41.2. The molecule has 70 heavy (non-hydrogen) atoms. The molecule has 0 amide bonds. The van der Waals surface area contributed by atoms with Gasteiger partial charge in [-0.1, -0.05) is 239 Å². The van der Waals surface area contributed by atoms with E-state index in [0.29, 0.717) is 0 Å². The summed E-state index contributed by atoms with van der Waals surface area (Å²) < 4.78 is 0. The molecule has 0 atom stereocenters. The largest absolute Gasteiger partial charge is 0.310 e. The smallest absolute Gasteiger partial charge is 0.0470 e. The Labute approximate surface area is 415 Å². The predicted octanol–water partition coefficient (Wildman–Crippen LogP) is 20.0. The molecule has 1 nitrogen and oxygen atoms in total. The number of hydrogen-bond donors (Lipinski definition) is 0. The molecule has 0 aliphatic heterocycles. The SMILES string of the molecule is CC.CC.Cc1cccc(Cc2cc(-c3cccc(C)c3)cc(N(c3ccccc3)c3ccc(-c4ccc5c6c(cccc46)-c4c-5c(-c5ccccc5)c5ccccc5c4-c4ccccc4)cc3)c2)c1. The Kier molecular flexibility index (Phi) is 13.1. The van der Waals surface area contributed by atoms with Crippen molar-refractivity contribution >= 4 is 38.6 Å². The predicted molar refractivity (Wildman–Crippen MR) is 304 cm³/mol. The highest BCUT2D eigenvalue weighted by molar-refractivity contribution is 6.28. The second-order valence-electron chi connectivity index (χ2n) is 17.8. The summed E-state index contributed by atoms with van der Waals surface area (Å²) in [6.07, 6.45) is 0.848. The molecule has 0 unspecified atom stereocenters. The lowest BCUT2D eigenvalue weighted by atomic mass is 9.82. The molecule has 11 aromatic carbocycles. The monoisotopic (exact) mass is 901 g/mol. The van der Waals surface area contributed by atoms with Gasteiger partial charge in [0.05, 0.1) is 0 Å². The van der Waals surface area contributed by atoms with Crippen molar-refractivity contribution in [1.82, 2.24) is 0 Å². The van der Waals surface area contributed by atoms with Crippen LogP contribution in [-0.4, -0.2) is 0 Å². The van der Waals surface area contributed by atoms with Gasteiger partial charge in [-0.2, -0.15) is 0 Å². The van der Waals surface area contributed by atoms with E-state index < -0.39 is 0 Å². The Hall–Kier alpha value is -8.26. The summed E-state index contributed by atoms with van der Waals surface area (Å²) in [7, 11) is 0. The van der Waals surface area contributed by atoms with Crippen LogP contribution in [0.15, 0.2) is 237 Å². The second kappa shape index (κ2) is 20.1. The first kappa shape index (κ1) is 45.5. The van der Waals surface area contributed by atoms with Crippen LogP contribution in [0.3, 0.4) is 0 Å². The Balaban J connectivity index is 0.00000138. The van der Waals surface area contributed by atoms with Crippen LogP contribution in [0, 0.1) is 13.8 Å². The maximum atomic E-state index is 2.41. The first-order chi connectivity index (χ1) is 34.6. The van der Waals surface area contributed by atoms with E-state index in [2.05, 4.69) is 255 Å². The Morgan fingerprint density at radius 1 is 0.286 bits per heavy atom. The van der Waals surface area contributed by atoms with Gasteiger partial charge in [-0.15, -0.1) is 0 Å². The first-order valence-electron chi connectivity index (χ1n) is 25.0. The second-order valence-corrected chi connectivity index (χ2v) is 17.8. The molecule has 0 heterocycles. The van der Waals surface area contributed by atoms with Crippen LogP contribution in [0.1, 0.15) is 49.9 Å². The van der Waals surface area contributed by atoms with Crippen LogP contribution in [0.5, 0.6) is 0 Å². The van der Waals surface area contributed by atoms with Crippen LogP contribution in [-0.2, 0) is 6.42 Å². The van der Waals surface area contributed by atoms with Gasteiger partial charge in [0.25, 0.3) is 0 Å². The van der Waals surface area contributed by atoms with Gasteiger partial charge < -0.3 is 4.90 Å². The summed E-state index contributed by atoms with van der Waals surface area (Å²) in [5, 5.41) is 5.13. The van der Waals surface area contributed by atoms with Gasteiger partial charge in [0.15, 0.2) is 0 Å². The van der Waals surface area contributed by atoms with E-state index in [1.807, 2.05) is 27.7 Å². The molecular weight excluding hydrogens is 843 g/mol. The summed E-state index contributed by atoms with van der Waals surface area (Å²) in [6, 6.07) is 87.5. The minimum absolute atomic E-state index is 0.848. The van der Waals surface area contributed by atoms with E-state index in [4.69, 9.17) is 0 Å². The van der Waals surface area contributed by atoms with Gasteiger partial charge in [0, 0.05) is 17.1 Å². The maximum absolute atomic E-state index is 2.41. The summed E-state index contributed by atoms with van der Waals surface area (Å²) >= 11 is 0. The fourth-order valence-corrected chi connectivity index (χ4v) is 10.6. The van der Waals surface area contributed by atoms with E-state index in [1.54, 1.807) is 0 Å². The van der Waals surface area contributed by atoms with Crippen molar-refractivity contribution < 1.29 is 0 Å². The highest BCUT2D eigenvalue weighted by Gasteiger charge is 2.31. The molecule has 0 saturated heterocycles. The fourth-order valence-electron chi connectivity index (χ4n) is 10.6. The summed E-state index contributed by atoms with van der Waals surface area (Å²) in [5.74, 6) is 0. The average molecular weight is 902 g/mol.